The fourth-order valence-corrected chi connectivity index (χ4v) is 9.89. The van der Waals surface area contributed by atoms with Crippen molar-refractivity contribution < 1.29 is 4.74 Å². The van der Waals surface area contributed by atoms with Gasteiger partial charge in [-0.2, -0.15) is 0 Å². The molecule has 2 heteroatoms. The van der Waals surface area contributed by atoms with Gasteiger partial charge in [-0.3, -0.25) is 0 Å². The van der Waals surface area contributed by atoms with Crippen LogP contribution < -0.4 is 15.1 Å². The maximum Gasteiger partial charge on any atom is 0.123 e. The van der Waals surface area contributed by atoms with E-state index in [0.29, 0.717) is 0 Å². The summed E-state index contributed by atoms with van der Waals surface area (Å²) >= 11 is 0. The smallest absolute Gasteiger partial charge is 0.123 e. The van der Waals surface area contributed by atoms with E-state index >= 15 is 0 Å². The van der Waals surface area contributed by atoms with Gasteiger partial charge in [-0.15, -0.1) is 0 Å². The van der Waals surface area contributed by atoms with Crippen molar-refractivity contribution in [3.8, 4) is 5.75 Å². The van der Waals surface area contributed by atoms with E-state index in [-0.39, 0.29) is 5.04 Å². The lowest BCUT2D eigenvalue weighted by atomic mass is 10.2. The van der Waals surface area contributed by atoms with Gasteiger partial charge in [-0.1, -0.05) is 116 Å². The summed E-state index contributed by atoms with van der Waals surface area (Å²) in [5.74, 6) is 0.898. The minimum Gasteiger partial charge on any atom is -0.497 e. The van der Waals surface area contributed by atoms with Gasteiger partial charge in [0.15, 0.2) is 0 Å². The van der Waals surface area contributed by atoms with E-state index in [1.165, 1.54) is 22.0 Å². The zero-order valence-corrected chi connectivity index (χ0v) is 19.1. The zero-order valence-electron chi connectivity index (χ0n) is 18.1. The predicted molar refractivity (Wildman–Crippen MR) is 129 cm³/mol. The third kappa shape index (κ3) is 4.71. The second kappa shape index (κ2) is 9.28. The molecule has 0 atom stereocenters. The molecule has 0 saturated heterocycles. The Morgan fingerprint density at radius 3 is 1.72 bits per heavy atom. The van der Waals surface area contributed by atoms with Gasteiger partial charge in [0.1, 0.15) is 13.8 Å². The molecule has 0 amide bonds. The Kier molecular flexibility index (Phi) is 6.76. The highest BCUT2D eigenvalue weighted by molar-refractivity contribution is 7.04. The molecule has 3 rings (SSSR count). The quantitative estimate of drug-likeness (QED) is 0.431. The molecule has 150 valence electrons. The topological polar surface area (TPSA) is 9.23 Å². The Hall–Kier alpha value is -2.58. The first-order chi connectivity index (χ1) is 14.0. The first kappa shape index (κ1) is 21.1. The van der Waals surface area contributed by atoms with E-state index < -0.39 is 8.07 Å². The average molecular weight is 401 g/mol. The first-order valence-electron chi connectivity index (χ1n) is 10.4. The second-order valence-corrected chi connectivity index (χ2v) is 13.6. The summed E-state index contributed by atoms with van der Waals surface area (Å²) in [4.78, 5) is 0. The number of methoxy groups -OCH3 is 1. The van der Waals surface area contributed by atoms with Crippen LogP contribution >= 0.6 is 0 Å². The largest absolute Gasteiger partial charge is 0.497 e. The lowest BCUT2D eigenvalue weighted by molar-refractivity contribution is 0.415. The SMILES string of the molecule is COc1ccc(/C=C/CC[Si](c2ccccc2)(c2ccccc2)C(C)(C)C)cc1. The fourth-order valence-electron chi connectivity index (χ4n) is 4.38. The summed E-state index contributed by atoms with van der Waals surface area (Å²) in [5.41, 5.74) is 1.22. The van der Waals surface area contributed by atoms with Crippen LogP contribution in [0.1, 0.15) is 32.8 Å². The molecular formula is C27H32OSi. The minimum atomic E-state index is -1.97. The van der Waals surface area contributed by atoms with E-state index in [0.717, 1.165) is 12.2 Å². The molecule has 0 aliphatic rings. The Labute approximate surface area is 177 Å². The van der Waals surface area contributed by atoms with Gasteiger partial charge >= 0.3 is 0 Å². The Morgan fingerprint density at radius 2 is 1.28 bits per heavy atom. The number of benzene rings is 3. The summed E-state index contributed by atoms with van der Waals surface area (Å²) < 4.78 is 5.26. The van der Waals surface area contributed by atoms with Crippen molar-refractivity contribution >= 4 is 24.5 Å². The van der Waals surface area contributed by atoms with Crippen LogP contribution in [0, 0.1) is 0 Å². The summed E-state index contributed by atoms with van der Waals surface area (Å²) in [6.07, 6.45) is 5.64. The molecule has 0 fully saturated rings. The van der Waals surface area contributed by atoms with Crippen LogP contribution in [0.3, 0.4) is 0 Å². The van der Waals surface area contributed by atoms with Crippen molar-refractivity contribution in [1.82, 2.24) is 0 Å². The predicted octanol–water partition coefficient (Wildman–Crippen LogP) is 6.16. The maximum atomic E-state index is 5.26. The summed E-state index contributed by atoms with van der Waals surface area (Å²) in [6, 6.07) is 31.8. The van der Waals surface area contributed by atoms with E-state index in [2.05, 4.69) is 106 Å². The molecule has 0 N–H and O–H groups in total. The van der Waals surface area contributed by atoms with Crippen molar-refractivity contribution in [3.63, 3.8) is 0 Å². The number of rotatable bonds is 7. The summed E-state index contributed by atoms with van der Waals surface area (Å²) in [6.45, 7) is 7.27. The molecule has 29 heavy (non-hydrogen) atoms. The highest BCUT2D eigenvalue weighted by atomic mass is 28.3. The Balaban J connectivity index is 1.92. The van der Waals surface area contributed by atoms with Gasteiger partial charge < -0.3 is 4.74 Å². The van der Waals surface area contributed by atoms with Gasteiger partial charge in [-0.25, -0.2) is 0 Å². The Bertz CT molecular complexity index is 867. The number of hydrogen-bond donors (Lipinski definition) is 0. The van der Waals surface area contributed by atoms with Gasteiger partial charge in [0.2, 0.25) is 0 Å². The molecule has 0 unspecified atom stereocenters. The first-order valence-corrected chi connectivity index (χ1v) is 12.6. The third-order valence-corrected chi connectivity index (χ3v) is 12.2. The van der Waals surface area contributed by atoms with Crippen molar-refractivity contribution in [2.45, 2.75) is 38.3 Å². The standard InChI is InChI=1S/C27H32OSi/c1-27(2,3)29(25-14-7-5-8-15-25,26-16-9-6-10-17-26)22-12-11-13-23-18-20-24(28-4)21-19-23/h5-11,13-21H,12,22H2,1-4H3/b13-11+. The number of hydrogen-bond acceptors (Lipinski definition) is 1. The molecule has 0 radical (unpaired) electrons. The fraction of sp³-hybridized carbons (Fsp3) is 0.259. The van der Waals surface area contributed by atoms with Crippen molar-refractivity contribution in [2.24, 2.45) is 0 Å². The molecule has 0 aliphatic heterocycles. The monoisotopic (exact) mass is 400 g/mol. The van der Waals surface area contributed by atoms with Crippen LogP contribution in [-0.2, 0) is 0 Å². The third-order valence-electron chi connectivity index (χ3n) is 5.93. The molecule has 0 spiro atoms. The van der Waals surface area contributed by atoms with Crippen molar-refractivity contribution in [1.29, 1.82) is 0 Å². The van der Waals surface area contributed by atoms with E-state index in [9.17, 15) is 0 Å². The van der Waals surface area contributed by atoms with Gasteiger partial charge in [0.05, 0.1) is 7.11 Å². The molecule has 1 nitrogen and oxygen atoms in total. The van der Waals surface area contributed by atoms with Gasteiger partial charge in [-0.05, 0) is 35.2 Å². The van der Waals surface area contributed by atoms with Crippen LogP contribution in [0.5, 0.6) is 5.75 Å². The van der Waals surface area contributed by atoms with E-state index in [1.54, 1.807) is 7.11 Å². The van der Waals surface area contributed by atoms with Crippen molar-refractivity contribution in [2.75, 3.05) is 7.11 Å². The number of allylic oxidation sites excluding steroid dienone is 1. The van der Waals surface area contributed by atoms with E-state index in [4.69, 9.17) is 4.74 Å². The van der Waals surface area contributed by atoms with Gasteiger partial charge in [0, 0.05) is 0 Å². The minimum absolute atomic E-state index is 0.212. The second-order valence-electron chi connectivity index (χ2n) is 8.60. The Morgan fingerprint density at radius 1 is 0.759 bits per heavy atom. The lowest BCUT2D eigenvalue weighted by Gasteiger charge is -2.44. The molecule has 0 saturated carbocycles. The van der Waals surface area contributed by atoms with E-state index in [1.807, 2.05) is 12.1 Å². The normalized spacial score (nSPS) is 12.3. The molecular weight excluding hydrogens is 368 g/mol. The van der Waals surface area contributed by atoms with Crippen LogP contribution in [0.2, 0.25) is 11.1 Å². The molecule has 3 aromatic rings. The van der Waals surface area contributed by atoms with Crippen LogP contribution in [-0.4, -0.2) is 15.2 Å². The molecule has 0 aliphatic carbocycles. The highest BCUT2D eigenvalue weighted by Gasteiger charge is 2.46. The van der Waals surface area contributed by atoms with Crippen molar-refractivity contribution in [3.05, 3.63) is 96.6 Å². The van der Waals surface area contributed by atoms with Crippen LogP contribution in [0.15, 0.2) is 91.0 Å². The average Bonchev–Trinajstić information content (AvgIpc) is 2.74. The van der Waals surface area contributed by atoms with Gasteiger partial charge in [0.25, 0.3) is 0 Å². The molecule has 3 aromatic carbocycles. The van der Waals surface area contributed by atoms with Crippen LogP contribution in [0.25, 0.3) is 6.08 Å². The zero-order chi connectivity index (χ0) is 20.7. The lowest BCUT2D eigenvalue weighted by Crippen LogP contribution is -2.64. The number of ether oxygens (including phenoxy) is 1. The molecule has 0 heterocycles. The molecule has 0 aromatic heterocycles. The highest BCUT2D eigenvalue weighted by Crippen LogP contribution is 2.39. The molecule has 0 bridgehead atoms. The maximum absolute atomic E-state index is 5.26. The summed E-state index contributed by atoms with van der Waals surface area (Å²) in [5, 5.41) is 3.26. The summed E-state index contributed by atoms with van der Waals surface area (Å²) in [7, 11) is -0.270. The van der Waals surface area contributed by atoms with Crippen LogP contribution in [0.4, 0.5) is 0 Å².